The fraction of sp³-hybridized carbons (Fsp3) is 0.591. The molecule has 0 saturated carbocycles. The van der Waals surface area contributed by atoms with Gasteiger partial charge >= 0.3 is 5.91 Å². The third-order valence-corrected chi connectivity index (χ3v) is 3.92. The monoisotopic (exact) mass is 361 g/mol. The van der Waals surface area contributed by atoms with E-state index in [4.69, 9.17) is 0 Å². The summed E-state index contributed by atoms with van der Waals surface area (Å²) in [6, 6.07) is 0. The lowest BCUT2D eigenvalue weighted by molar-refractivity contribution is -0.402. The Bertz CT molecular complexity index is 476. The fourth-order valence-corrected chi connectivity index (χ4v) is 2.37. The van der Waals surface area contributed by atoms with Crippen molar-refractivity contribution < 1.29 is 9.72 Å². The van der Waals surface area contributed by atoms with Crippen molar-refractivity contribution in [1.29, 1.82) is 0 Å². The molecular formula is C22H35NO3. The maximum atomic E-state index is 10.8. The van der Waals surface area contributed by atoms with Crippen molar-refractivity contribution in [3.8, 4) is 0 Å². The Morgan fingerprint density at radius 2 is 1.19 bits per heavy atom. The molecule has 0 N–H and O–H groups in total. The van der Waals surface area contributed by atoms with Gasteiger partial charge in [0, 0.05) is 0 Å². The van der Waals surface area contributed by atoms with Crippen molar-refractivity contribution in [1.82, 2.24) is 0 Å². The van der Waals surface area contributed by atoms with Crippen LogP contribution in [-0.2, 0) is 4.79 Å². The van der Waals surface area contributed by atoms with Crippen molar-refractivity contribution in [3.63, 3.8) is 0 Å². The van der Waals surface area contributed by atoms with E-state index in [-0.39, 0.29) is 6.42 Å². The van der Waals surface area contributed by atoms with Crippen molar-refractivity contribution in [2.75, 3.05) is 0 Å². The molecular weight excluding hydrogens is 326 g/mol. The first-order valence-corrected chi connectivity index (χ1v) is 9.95. The predicted octanol–water partition coefficient (Wildman–Crippen LogP) is 6.72. The van der Waals surface area contributed by atoms with Crippen LogP contribution < -0.4 is 0 Å². The summed E-state index contributed by atoms with van der Waals surface area (Å²) < 4.78 is 0. The molecule has 0 aromatic heterocycles. The van der Waals surface area contributed by atoms with Gasteiger partial charge in [0.1, 0.15) is 4.92 Å². The minimum Gasteiger partial charge on any atom is -0.256 e. The molecule has 0 unspecified atom stereocenters. The number of carbonyl (C=O) groups is 1. The molecule has 0 heterocycles. The Morgan fingerprint density at radius 3 is 1.65 bits per heavy atom. The van der Waals surface area contributed by atoms with Crippen LogP contribution in [0.3, 0.4) is 0 Å². The van der Waals surface area contributed by atoms with E-state index in [1.807, 2.05) is 0 Å². The third-order valence-electron chi connectivity index (χ3n) is 3.92. The number of rotatable bonds is 16. The maximum Gasteiger partial charge on any atom is 0.444 e. The molecule has 0 aliphatic heterocycles. The van der Waals surface area contributed by atoms with Crippen molar-refractivity contribution in [2.24, 2.45) is 0 Å². The van der Waals surface area contributed by atoms with E-state index < -0.39 is 10.8 Å². The van der Waals surface area contributed by atoms with Crippen LogP contribution >= 0.6 is 0 Å². The van der Waals surface area contributed by atoms with Gasteiger partial charge in [0.15, 0.2) is 0 Å². The number of nitrogens with zero attached hydrogens (tertiary/aromatic N) is 1. The summed E-state index contributed by atoms with van der Waals surface area (Å²) in [6.07, 6.45) is 29.0. The smallest absolute Gasteiger partial charge is 0.256 e. The minimum absolute atomic E-state index is 0.0572. The molecule has 0 aromatic rings. The molecule has 0 saturated heterocycles. The topological polar surface area (TPSA) is 60.2 Å². The summed E-state index contributed by atoms with van der Waals surface area (Å²) in [6.45, 7) is 2.23. The Labute approximate surface area is 158 Å². The first-order chi connectivity index (χ1) is 12.7. The van der Waals surface area contributed by atoms with Crippen LogP contribution in [-0.4, -0.2) is 10.8 Å². The van der Waals surface area contributed by atoms with Crippen LogP contribution in [0, 0.1) is 10.1 Å². The summed E-state index contributed by atoms with van der Waals surface area (Å²) in [5.41, 5.74) is 0. The quantitative estimate of drug-likeness (QED) is 0.133. The van der Waals surface area contributed by atoms with E-state index in [2.05, 4.69) is 55.5 Å². The molecule has 0 aromatic carbocycles. The van der Waals surface area contributed by atoms with Crippen LogP contribution in [0.2, 0.25) is 0 Å². The normalized spacial score (nSPS) is 12.2. The van der Waals surface area contributed by atoms with Gasteiger partial charge in [0.2, 0.25) is 0 Å². The van der Waals surface area contributed by atoms with Gasteiger partial charge in [-0.2, -0.15) is 0 Å². The molecule has 0 spiro atoms. The van der Waals surface area contributed by atoms with Gasteiger partial charge in [-0.1, -0.05) is 74.8 Å². The van der Waals surface area contributed by atoms with E-state index in [0.717, 1.165) is 38.5 Å². The number of amides is 1. The third kappa shape index (κ3) is 18.4. The standard InChI is InChI=1S/C22H35NO3/c1-2-3-4-5-6-7-8-9-10-11-12-13-14-15-16-17-18-19-20-21-22(24)23(25)26/h6-7,9-10,12-13,15-16H,2-5,8,11,14,17-21H2,1H3/b7-6+,10-9+,13-12+,16-15+. The van der Waals surface area contributed by atoms with E-state index >= 15 is 0 Å². The molecule has 0 fully saturated rings. The van der Waals surface area contributed by atoms with Crippen LogP contribution in [0.4, 0.5) is 0 Å². The molecule has 0 bridgehead atoms. The number of carbonyl (C=O) groups excluding carboxylic acids is 1. The lowest BCUT2D eigenvalue weighted by Gasteiger charge is -1.94. The van der Waals surface area contributed by atoms with Crippen LogP contribution in [0.1, 0.15) is 84.0 Å². The van der Waals surface area contributed by atoms with Gasteiger partial charge in [-0.15, -0.1) is 0 Å². The molecule has 0 rings (SSSR count). The SMILES string of the molecule is CCCCC/C=C/C/C=C/C/C=C/C/C=C/CCCCCC(=O)[N+](=O)[O-]. The zero-order valence-corrected chi connectivity index (χ0v) is 16.3. The highest BCUT2D eigenvalue weighted by molar-refractivity contribution is 5.66. The molecule has 26 heavy (non-hydrogen) atoms. The second-order valence-corrected chi connectivity index (χ2v) is 6.34. The second-order valence-electron chi connectivity index (χ2n) is 6.34. The lowest BCUT2D eigenvalue weighted by Crippen LogP contribution is -2.10. The largest absolute Gasteiger partial charge is 0.444 e. The Morgan fingerprint density at radius 1 is 0.731 bits per heavy atom. The lowest BCUT2D eigenvalue weighted by atomic mass is 10.1. The molecule has 0 aliphatic carbocycles. The second kappa shape index (κ2) is 19.4. The van der Waals surface area contributed by atoms with Gasteiger partial charge < -0.3 is 0 Å². The molecule has 0 aliphatic rings. The van der Waals surface area contributed by atoms with Crippen molar-refractivity contribution in [2.45, 2.75) is 84.0 Å². The minimum atomic E-state index is -0.872. The zero-order valence-electron chi connectivity index (χ0n) is 16.3. The number of hydrogen-bond donors (Lipinski definition) is 0. The van der Waals surface area contributed by atoms with E-state index in [0.29, 0.717) is 6.42 Å². The first-order valence-electron chi connectivity index (χ1n) is 9.95. The molecule has 0 atom stereocenters. The fourth-order valence-electron chi connectivity index (χ4n) is 2.37. The molecule has 0 radical (unpaired) electrons. The van der Waals surface area contributed by atoms with E-state index in [1.54, 1.807) is 0 Å². The summed E-state index contributed by atoms with van der Waals surface area (Å²) in [7, 11) is 0. The zero-order chi connectivity index (χ0) is 19.3. The number of allylic oxidation sites excluding steroid dienone is 8. The highest BCUT2D eigenvalue weighted by atomic mass is 16.6. The Hall–Kier alpha value is -1.97. The Kier molecular flexibility index (Phi) is 17.9. The summed E-state index contributed by atoms with van der Waals surface area (Å²) in [5.74, 6) is -0.872. The van der Waals surface area contributed by atoms with E-state index in [1.165, 1.54) is 25.7 Å². The van der Waals surface area contributed by atoms with E-state index in [9.17, 15) is 14.9 Å². The van der Waals surface area contributed by atoms with Crippen LogP contribution in [0.15, 0.2) is 48.6 Å². The first kappa shape index (κ1) is 24.0. The maximum absolute atomic E-state index is 10.8. The van der Waals surface area contributed by atoms with Crippen LogP contribution in [0.25, 0.3) is 0 Å². The van der Waals surface area contributed by atoms with Gasteiger partial charge in [-0.05, 0) is 51.4 Å². The molecule has 4 heteroatoms. The summed E-state index contributed by atoms with van der Waals surface area (Å²) in [5, 5.41) is 10.2. The summed E-state index contributed by atoms with van der Waals surface area (Å²) in [4.78, 5) is 20.1. The van der Waals surface area contributed by atoms with Gasteiger partial charge in [-0.3, -0.25) is 10.1 Å². The van der Waals surface area contributed by atoms with Gasteiger partial charge in [-0.25, -0.2) is 4.79 Å². The van der Waals surface area contributed by atoms with Crippen LogP contribution in [0.5, 0.6) is 0 Å². The predicted molar refractivity (Wildman–Crippen MR) is 110 cm³/mol. The van der Waals surface area contributed by atoms with Gasteiger partial charge in [0.05, 0.1) is 6.42 Å². The van der Waals surface area contributed by atoms with Crippen molar-refractivity contribution in [3.05, 3.63) is 58.7 Å². The number of unbranched alkanes of at least 4 members (excludes halogenated alkanes) is 6. The summed E-state index contributed by atoms with van der Waals surface area (Å²) >= 11 is 0. The van der Waals surface area contributed by atoms with Crippen molar-refractivity contribution >= 4 is 5.91 Å². The highest BCUT2D eigenvalue weighted by Gasteiger charge is 2.12. The number of nitro groups is 1. The molecule has 4 nitrogen and oxygen atoms in total. The average Bonchev–Trinajstić information content (AvgIpc) is 2.63. The molecule has 146 valence electrons. The molecule has 1 amide bonds. The van der Waals surface area contributed by atoms with Gasteiger partial charge in [0.25, 0.3) is 0 Å². The average molecular weight is 362 g/mol. The Balaban J connectivity index is 3.43. The number of hydrogen-bond acceptors (Lipinski definition) is 3. The highest BCUT2D eigenvalue weighted by Crippen LogP contribution is 2.05.